The number of aliphatic hydroxyl groups is 1. The van der Waals surface area contributed by atoms with Gasteiger partial charge in [0.05, 0.1) is 6.10 Å². The normalized spacial score (nSPS) is 32.2. The molecule has 88 valence electrons. The van der Waals surface area contributed by atoms with E-state index in [0.717, 1.165) is 38.9 Å². The predicted octanol–water partition coefficient (Wildman–Crippen LogP) is 0.879. The van der Waals surface area contributed by atoms with E-state index in [1.807, 2.05) is 0 Å². The van der Waals surface area contributed by atoms with Gasteiger partial charge in [0.25, 0.3) is 0 Å². The molecule has 2 aliphatic heterocycles. The molecule has 0 amide bonds. The van der Waals surface area contributed by atoms with Gasteiger partial charge in [-0.1, -0.05) is 12.8 Å². The second kappa shape index (κ2) is 5.83. The fraction of sp³-hybridized carbons (Fsp3) is 1.00. The maximum absolute atomic E-state index is 10.3. The van der Waals surface area contributed by atoms with E-state index in [9.17, 15) is 5.11 Å². The molecule has 15 heavy (non-hydrogen) atoms. The van der Waals surface area contributed by atoms with Gasteiger partial charge in [-0.2, -0.15) is 0 Å². The van der Waals surface area contributed by atoms with E-state index in [0.29, 0.717) is 12.0 Å². The van der Waals surface area contributed by atoms with Crippen LogP contribution < -0.4 is 10.6 Å². The Morgan fingerprint density at radius 2 is 1.73 bits per heavy atom. The smallest absolute Gasteiger partial charge is 0.0722 e. The van der Waals surface area contributed by atoms with Gasteiger partial charge >= 0.3 is 0 Å². The summed E-state index contributed by atoms with van der Waals surface area (Å²) in [6.07, 6.45) is 7.19. The zero-order valence-electron chi connectivity index (χ0n) is 9.54. The van der Waals surface area contributed by atoms with Gasteiger partial charge in [0.15, 0.2) is 0 Å². The van der Waals surface area contributed by atoms with Crippen molar-refractivity contribution in [1.29, 1.82) is 0 Å². The summed E-state index contributed by atoms with van der Waals surface area (Å²) in [5.41, 5.74) is 0. The lowest BCUT2D eigenvalue weighted by molar-refractivity contribution is 0.0520. The van der Waals surface area contributed by atoms with Crippen molar-refractivity contribution in [2.75, 3.05) is 19.6 Å². The van der Waals surface area contributed by atoms with Crippen molar-refractivity contribution in [2.45, 2.75) is 50.7 Å². The van der Waals surface area contributed by atoms with Crippen LogP contribution in [0.1, 0.15) is 38.5 Å². The van der Waals surface area contributed by atoms with E-state index in [-0.39, 0.29) is 6.10 Å². The molecule has 0 aromatic carbocycles. The van der Waals surface area contributed by atoms with Gasteiger partial charge in [-0.15, -0.1) is 0 Å². The molecule has 2 atom stereocenters. The molecule has 2 aliphatic rings. The molecule has 3 heteroatoms. The van der Waals surface area contributed by atoms with Gasteiger partial charge in [-0.05, 0) is 51.2 Å². The van der Waals surface area contributed by atoms with Crippen LogP contribution in [0.15, 0.2) is 0 Å². The Labute approximate surface area is 92.6 Å². The van der Waals surface area contributed by atoms with E-state index in [1.165, 1.54) is 19.3 Å². The largest absolute Gasteiger partial charge is 0.391 e. The molecule has 0 spiro atoms. The Kier molecular flexibility index (Phi) is 4.42. The highest BCUT2D eigenvalue weighted by molar-refractivity contribution is 4.85. The second-order valence-corrected chi connectivity index (χ2v) is 4.99. The third-order valence-corrected chi connectivity index (χ3v) is 3.88. The topological polar surface area (TPSA) is 44.3 Å². The SMILES string of the molecule is OC(C1CCNCC1)C1CCCCCN1. The Morgan fingerprint density at radius 1 is 0.933 bits per heavy atom. The van der Waals surface area contributed by atoms with Crippen LogP contribution in [0.5, 0.6) is 0 Å². The fourth-order valence-corrected chi connectivity index (χ4v) is 2.86. The highest BCUT2D eigenvalue weighted by Crippen LogP contribution is 2.22. The molecule has 0 radical (unpaired) electrons. The number of hydrogen-bond donors (Lipinski definition) is 3. The molecule has 0 aliphatic carbocycles. The Balaban J connectivity index is 1.83. The van der Waals surface area contributed by atoms with Crippen molar-refractivity contribution >= 4 is 0 Å². The quantitative estimate of drug-likeness (QED) is 0.636. The summed E-state index contributed by atoms with van der Waals surface area (Å²) >= 11 is 0. The van der Waals surface area contributed by atoms with Crippen LogP contribution in [0.4, 0.5) is 0 Å². The molecule has 2 saturated heterocycles. The lowest BCUT2D eigenvalue weighted by Gasteiger charge is -2.32. The maximum atomic E-state index is 10.3. The van der Waals surface area contributed by atoms with E-state index in [4.69, 9.17) is 0 Å². The van der Waals surface area contributed by atoms with Crippen LogP contribution in [0.2, 0.25) is 0 Å². The molecule has 0 saturated carbocycles. The third kappa shape index (κ3) is 3.16. The summed E-state index contributed by atoms with van der Waals surface area (Å²) in [5.74, 6) is 0.516. The molecular formula is C12H24N2O. The van der Waals surface area contributed by atoms with Crippen LogP contribution in [0.25, 0.3) is 0 Å². The molecule has 0 bridgehead atoms. The molecule has 2 heterocycles. The lowest BCUT2D eigenvalue weighted by atomic mass is 9.86. The molecule has 0 aromatic heterocycles. The van der Waals surface area contributed by atoms with E-state index in [2.05, 4.69) is 10.6 Å². The molecule has 3 N–H and O–H groups in total. The summed E-state index contributed by atoms with van der Waals surface area (Å²) in [5, 5.41) is 17.2. The minimum Gasteiger partial charge on any atom is -0.391 e. The van der Waals surface area contributed by atoms with Gasteiger partial charge in [0, 0.05) is 6.04 Å². The average molecular weight is 212 g/mol. The van der Waals surface area contributed by atoms with E-state index < -0.39 is 0 Å². The van der Waals surface area contributed by atoms with Crippen LogP contribution in [-0.2, 0) is 0 Å². The lowest BCUT2D eigenvalue weighted by Crippen LogP contribution is -2.46. The van der Waals surface area contributed by atoms with Crippen molar-refractivity contribution in [3.63, 3.8) is 0 Å². The van der Waals surface area contributed by atoms with Crippen LogP contribution >= 0.6 is 0 Å². The summed E-state index contributed by atoms with van der Waals surface area (Å²) in [6, 6.07) is 0.357. The molecule has 2 rings (SSSR count). The monoisotopic (exact) mass is 212 g/mol. The minimum atomic E-state index is -0.120. The number of hydrogen-bond acceptors (Lipinski definition) is 3. The van der Waals surface area contributed by atoms with Gasteiger partial charge in [0.1, 0.15) is 0 Å². The number of rotatable bonds is 2. The Bertz CT molecular complexity index is 172. The van der Waals surface area contributed by atoms with Gasteiger partial charge in [-0.25, -0.2) is 0 Å². The maximum Gasteiger partial charge on any atom is 0.0722 e. The average Bonchev–Trinajstić information content (AvgIpc) is 2.58. The highest BCUT2D eigenvalue weighted by atomic mass is 16.3. The second-order valence-electron chi connectivity index (χ2n) is 4.99. The van der Waals surface area contributed by atoms with Gasteiger partial charge in [-0.3, -0.25) is 0 Å². The van der Waals surface area contributed by atoms with Gasteiger partial charge in [0.2, 0.25) is 0 Å². The summed E-state index contributed by atoms with van der Waals surface area (Å²) in [4.78, 5) is 0. The van der Waals surface area contributed by atoms with Crippen molar-refractivity contribution in [1.82, 2.24) is 10.6 Å². The molecular weight excluding hydrogens is 188 g/mol. The van der Waals surface area contributed by atoms with Crippen LogP contribution in [0, 0.1) is 5.92 Å². The predicted molar refractivity (Wildman–Crippen MR) is 61.9 cm³/mol. The first-order valence-electron chi connectivity index (χ1n) is 6.50. The fourth-order valence-electron chi connectivity index (χ4n) is 2.86. The standard InChI is InChI=1S/C12H24N2O/c15-12(10-5-8-13-9-6-10)11-4-2-1-3-7-14-11/h10-15H,1-9H2. The van der Waals surface area contributed by atoms with Crippen molar-refractivity contribution < 1.29 is 5.11 Å². The Morgan fingerprint density at radius 3 is 2.53 bits per heavy atom. The number of aliphatic hydroxyl groups excluding tert-OH is 1. The molecule has 2 unspecified atom stereocenters. The molecule has 2 fully saturated rings. The summed E-state index contributed by atoms with van der Waals surface area (Å²) in [6.45, 7) is 3.25. The third-order valence-electron chi connectivity index (χ3n) is 3.88. The number of piperidine rings is 1. The zero-order valence-corrected chi connectivity index (χ0v) is 9.54. The van der Waals surface area contributed by atoms with Crippen LogP contribution in [0.3, 0.4) is 0 Å². The highest BCUT2D eigenvalue weighted by Gasteiger charge is 2.28. The van der Waals surface area contributed by atoms with E-state index in [1.54, 1.807) is 0 Å². The van der Waals surface area contributed by atoms with Crippen molar-refractivity contribution in [3.05, 3.63) is 0 Å². The summed E-state index contributed by atoms with van der Waals surface area (Å²) in [7, 11) is 0. The van der Waals surface area contributed by atoms with Crippen LogP contribution in [-0.4, -0.2) is 36.9 Å². The first-order chi connectivity index (χ1) is 7.38. The Hall–Kier alpha value is -0.120. The first-order valence-corrected chi connectivity index (χ1v) is 6.50. The molecule has 0 aromatic rings. The zero-order chi connectivity index (χ0) is 10.5. The van der Waals surface area contributed by atoms with E-state index >= 15 is 0 Å². The summed E-state index contributed by atoms with van der Waals surface area (Å²) < 4.78 is 0. The van der Waals surface area contributed by atoms with Gasteiger partial charge < -0.3 is 15.7 Å². The van der Waals surface area contributed by atoms with Crippen molar-refractivity contribution in [2.24, 2.45) is 5.92 Å². The molecule has 3 nitrogen and oxygen atoms in total. The van der Waals surface area contributed by atoms with Crippen molar-refractivity contribution in [3.8, 4) is 0 Å². The minimum absolute atomic E-state index is 0.120. The number of nitrogens with one attached hydrogen (secondary N) is 2. The first kappa shape index (κ1) is 11.4.